The van der Waals surface area contributed by atoms with Crippen molar-refractivity contribution in [2.24, 2.45) is 0 Å². The summed E-state index contributed by atoms with van der Waals surface area (Å²) < 4.78 is 0. The Morgan fingerprint density at radius 3 is 2.70 bits per heavy atom. The van der Waals surface area contributed by atoms with Crippen LogP contribution >= 0.6 is 11.6 Å². The molecule has 118 valence electrons. The van der Waals surface area contributed by atoms with E-state index in [1.165, 1.54) is 12.8 Å². The summed E-state index contributed by atoms with van der Waals surface area (Å²) in [6.45, 7) is 2.74. The summed E-state index contributed by atoms with van der Waals surface area (Å²) in [6.07, 6.45) is 7.93. The number of H-pyrrole nitrogens is 1. The average Bonchev–Trinajstić information content (AvgIpc) is 3.27. The lowest BCUT2D eigenvalue weighted by Gasteiger charge is -2.15. The lowest BCUT2D eigenvalue weighted by molar-refractivity contribution is 0.889. The Hall–Kier alpha value is -2.34. The van der Waals surface area contributed by atoms with Crippen molar-refractivity contribution >= 4 is 34.1 Å². The van der Waals surface area contributed by atoms with Crippen LogP contribution in [0.3, 0.4) is 0 Å². The monoisotopic (exact) mass is 328 g/mol. The molecule has 0 bridgehead atoms. The number of aromatic nitrogens is 4. The molecule has 7 heteroatoms. The molecule has 3 aromatic rings. The normalized spacial score (nSPS) is 14.6. The second kappa shape index (κ2) is 6.04. The van der Waals surface area contributed by atoms with Crippen LogP contribution in [0.15, 0.2) is 30.7 Å². The smallest absolute Gasteiger partial charge is 0.225 e. The van der Waals surface area contributed by atoms with Crippen LogP contribution in [0.4, 0.5) is 11.6 Å². The Morgan fingerprint density at radius 1 is 1.13 bits per heavy atom. The molecule has 0 unspecified atom stereocenters. The fourth-order valence-electron chi connectivity index (χ4n) is 2.84. The SMILES string of the molecule is Clc1c(NCc2cnc(N3CCCC3)nc2)ccc2[nH]ncc12. The van der Waals surface area contributed by atoms with Gasteiger partial charge in [0, 0.05) is 43.0 Å². The number of halogens is 1. The number of fused-ring (bicyclic) bond motifs is 1. The van der Waals surface area contributed by atoms with E-state index in [4.69, 9.17) is 11.6 Å². The number of hydrogen-bond donors (Lipinski definition) is 2. The fourth-order valence-corrected chi connectivity index (χ4v) is 3.12. The number of nitrogens with zero attached hydrogens (tertiary/aromatic N) is 4. The summed E-state index contributed by atoms with van der Waals surface area (Å²) in [6, 6.07) is 3.91. The van der Waals surface area contributed by atoms with E-state index in [2.05, 4.69) is 30.4 Å². The average molecular weight is 329 g/mol. The van der Waals surface area contributed by atoms with Gasteiger partial charge in [0.25, 0.3) is 0 Å². The van der Waals surface area contributed by atoms with E-state index in [1.807, 2.05) is 24.5 Å². The van der Waals surface area contributed by atoms with Gasteiger partial charge in [0.1, 0.15) is 0 Å². The van der Waals surface area contributed by atoms with Gasteiger partial charge in [0.15, 0.2) is 0 Å². The van der Waals surface area contributed by atoms with Crippen molar-refractivity contribution in [3.8, 4) is 0 Å². The van der Waals surface area contributed by atoms with Crippen LogP contribution in [-0.4, -0.2) is 33.3 Å². The molecule has 0 radical (unpaired) electrons. The Balaban J connectivity index is 1.46. The van der Waals surface area contributed by atoms with E-state index in [0.29, 0.717) is 11.6 Å². The highest BCUT2D eigenvalue weighted by Gasteiger charge is 2.14. The third-order valence-corrected chi connectivity index (χ3v) is 4.53. The first-order valence-corrected chi connectivity index (χ1v) is 8.10. The van der Waals surface area contributed by atoms with Crippen LogP contribution in [0, 0.1) is 0 Å². The number of anilines is 2. The summed E-state index contributed by atoms with van der Waals surface area (Å²) >= 11 is 6.40. The number of hydrogen-bond acceptors (Lipinski definition) is 5. The molecule has 1 fully saturated rings. The van der Waals surface area contributed by atoms with Crippen LogP contribution in [0.1, 0.15) is 18.4 Å². The van der Waals surface area contributed by atoms with Crippen molar-refractivity contribution in [2.75, 3.05) is 23.3 Å². The highest BCUT2D eigenvalue weighted by molar-refractivity contribution is 6.38. The van der Waals surface area contributed by atoms with Gasteiger partial charge in [-0.15, -0.1) is 0 Å². The van der Waals surface area contributed by atoms with E-state index >= 15 is 0 Å². The molecule has 1 aliphatic heterocycles. The third kappa shape index (κ3) is 2.82. The lowest BCUT2D eigenvalue weighted by Crippen LogP contribution is -2.20. The maximum atomic E-state index is 6.40. The van der Waals surface area contributed by atoms with Gasteiger partial charge in [-0.1, -0.05) is 11.6 Å². The van der Waals surface area contributed by atoms with Crippen molar-refractivity contribution in [2.45, 2.75) is 19.4 Å². The lowest BCUT2D eigenvalue weighted by atomic mass is 10.2. The third-order valence-electron chi connectivity index (χ3n) is 4.12. The molecule has 3 heterocycles. The highest BCUT2D eigenvalue weighted by atomic mass is 35.5. The van der Waals surface area contributed by atoms with Crippen LogP contribution in [-0.2, 0) is 6.54 Å². The maximum absolute atomic E-state index is 6.40. The molecule has 1 aromatic carbocycles. The topological polar surface area (TPSA) is 69.7 Å². The number of benzene rings is 1. The van der Waals surface area contributed by atoms with Gasteiger partial charge >= 0.3 is 0 Å². The van der Waals surface area contributed by atoms with E-state index in [1.54, 1.807) is 6.20 Å². The molecule has 6 nitrogen and oxygen atoms in total. The first-order chi connectivity index (χ1) is 11.3. The first-order valence-electron chi connectivity index (χ1n) is 7.72. The predicted octanol–water partition coefficient (Wildman–Crippen LogP) is 3.22. The van der Waals surface area contributed by atoms with Crippen LogP contribution in [0.2, 0.25) is 5.02 Å². The van der Waals surface area contributed by atoms with Gasteiger partial charge in [-0.25, -0.2) is 9.97 Å². The van der Waals surface area contributed by atoms with Crippen LogP contribution in [0.5, 0.6) is 0 Å². The maximum Gasteiger partial charge on any atom is 0.225 e. The van der Waals surface area contributed by atoms with Gasteiger partial charge in [0.05, 0.1) is 22.4 Å². The predicted molar refractivity (Wildman–Crippen MR) is 91.9 cm³/mol. The van der Waals surface area contributed by atoms with Crippen molar-refractivity contribution in [3.05, 3.63) is 41.3 Å². The number of rotatable bonds is 4. The van der Waals surface area contributed by atoms with Crippen molar-refractivity contribution in [1.29, 1.82) is 0 Å². The first kappa shape index (κ1) is 14.3. The fraction of sp³-hybridized carbons (Fsp3) is 0.312. The minimum atomic E-state index is 0.628. The summed E-state index contributed by atoms with van der Waals surface area (Å²) in [5.74, 6) is 0.823. The Bertz CT molecular complexity index is 807. The molecular weight excluding hydrogens is 312 g/mol. The molecule has 4 rings (SSSR count). The minimum absolute atomic E-state index is 0.628. The number of nitrogens with one attached hydrogen (secondary N) is 2. The van der Waals surface area contributed by atoms with Crippen LogP contribution < -0.4 is 10.2 Å². The Labute approximate surface area is 138 Å². The van der Waals surface area contributed by atoms with Crippen molar-refractivity contribution in [3.63, 3.8) is 0 Å². The molecule has 23 heavy (non-hydrogen) atoms. The zero-order chi connectivity index (χ0) is 15.6. The van der Waals surface area contributed by atoms with Gasteiger partial charge < -0.3 is 10.2 Å². The second-order valence-electron chi connectivity index (χ2n) is 5.70. The van der Waals surface area contributed by atoms with Gasteiger partial charge in [-0.05, 0) is 25.0 Å². The van der Waals surface area contributed by atoms with E-state index in [9.17, 15) is 0 Å². The molecule has 0 atom stereocenters. The van der Waals surface area contributed by atoms with E-state index in [-0.39, 0.29) is 0 Å². The molecule has 0 aliphatic carbocycles. The molecule has 1 aliphatic rings. The zero-order valence-corrected chi connectivity index (χ0v) is 13.3. The molecular formula is C16H17ClN6. The summed E-state index contributed by atoms with van der Waals surface area (Å²) in [7, 11) is 0. The van der Waals surface area contributed by atoms with Gasteiger partial charge in [-0.2, -0.15) is 5.10 Å². The summed E-state index contributed by atoms with van der Waals surface area (Å²) in [5, 5.41) is 11.8. The number of aromatic amines is 1. The quantitative estimate of drug-likeness (QED) is 0.769. The molecule has 0 saturated carbocycles. The summed E-state index contributed by atoms with van der Waals surface area (Å²) in [5.41, 5.74) is 2.83. The van der Waals surface area contributed by atoms with E-state index < -0.39 is 0 Å². The second-order valence-corrected chi connectivity index (χ2v) is 6.08. The highest BCUT2D eigenvalue weighted by Crippen LogP contribution is 2.30. The van der Waals surface area contributed by atoms with Gasteiger partial charge in [-0.3, -0.25) is 5.10 Å². The largest absolute Gasteiger partial charge is 0.380 e. The van der Waals surface area contributed by atoms with Crippen molar-refractivity contribution in [1.82, 2.24) is 20.2 Å². The standard InChI is InChI=1S/C16H17ClN6/c17-15-12-10-21-22-13(12)3-4-14(15)18-7-11-8-19-16(20-9-11)23-5-1-2-6-23/h3-4,8-10,18H,1-2,5-7H2,(H,21,22). The molecule has 0 spiro atoms. The zero-order valence-electron chi connectivity index (χ0n) is 12.6. The van der Waals surface area contributed by atoms with Gasteiger partial charge in [0.2, 0.25) is 5.95 Å². The van der Waals surface area contributed by atoms with Crippen LogP contribution in [0.25, 0.3) is 10.9 Å². The minimum Gasteiger partial charge on any atom is -0.380 e. The Kier molecular flexibility index (Phi) is 3.75. The van der Waals surface area contributed by atoms with E-state index in [0.717, 1.165) is 41.2 Å². The molecule has 2 N–H and O–H groups in total. The molecule has 0 amide bonds. The Morgan fingerprint density at radius 2 is 1.91 bits per heavy atom. The molecule has 1 saturated heterocycles. The van der Waals surface area contributed by atoms with Crippen molar-refractivity contribution < 1.29 is 0 Å². The summed E-state index contributed by atoms with van der Waals surface area (Å²) in [4.78, 5) is 11.2. The molecule has 2 aromatic heterocycles.